The first-order valence-electron chi connectivity index (χ1n) is 24.5. The van der Waals surface area contributed by atoms with Crippen LogP contribution in [0.25, 0.3) is 16.6 Å². The Labute approximate surface area is 419 Å². The molecule has 0 bridgehead atoms. The summed E-state index contributed by atoms with van der Waals surface area (Å²) in [5.41, 5.74) is 2.34. The SMILES string of the molecule is CCOc1cc(-c2ccc(N3CCC(CN4CCN(C(=O)CCCCNC(=O)COc5cccc6c5CN(C5CCC(=O)NC5=O)C6=O)CC4)(NC(=O)c4cc(F)ccc4F)CC3)nc2)c2c(C#N)cnn2c1. The zero-order valence-electron chi connectivity index (χ0n) is 40.3. The Morgan fingerprint density at radius 1 is 0.945 bits per heavy atom. The molecule has 6 amide bonds. The summed E-state index contributed by atoms with van der Waals surface area (Å²) >= 11 is 0. The molecule has 3 saturated heterocycles. The largest absolute Gasteiger partial charge is 0.492 e. The lowest BCUT2D eigenvalue weighted by atomic mass is 9.86. The standard InChI is InChI=1S/C52H55F2N11O8/c1-2-72-36-25-38(48-34(26-55)28-58-65(48)29-36)33-9-13-44(57-27-33)62-18-15-52(16-19-62,60-49(69)39-24-35(53)10-11-41(39)54)32-61-20-22-63(23-21-61)47(68)8-3-4-17-56-46(67)31-73-43-7-5-6-37-40(43)30-64(51(37)71)42-12-14-45(66)59-50(42)70/h5-7,9-11,13,24-25,27-29,42H,2-4,8,12,14-23,30-32H2,1H3,(H,56,67)(H,60,69)(H,59,66,70). The zero-order valence-corrected chi connectivity index (χ0v) is 40.3. The van der Waals surface area contributed by atoms with Crippen molar-refractivity contribution >= 4 is 46.8 Å². The summed E-state index contributed by atoms with van der Waals surface area (Å²) < 4.78 is 42.3. The smallest absolute Gasteiger partial charge is 0.257 e. The number of rotatable bonds is 17. The van der Waals surface area contributed by atoms with Gasteiger partial charge in [0.15, 0.2) is 6.61 Å². The van der Waals surface area contributed by atoms with Crippen molar-refractivity contribution in [1.82, 2.24) is 45.2 Å². The maximum absolute atomic E-state index is 14.9. The van der Waals surface area contributed by atoms with Crippen molar-refractivity contribution in [2.45, 2.75) is 70.0 Å². The van der Waals surface area contributed by atoms with Crippen LogP contribution in [0.3, 0.4) is 0 Å². The molecule has 1 unspecified atom stereocenters. The third-order valence-electron chi connectivity index (χ3n) is 14.0. The highest BCUT2D eigenvalue weighted by molar-refractivity contribution is 6.05. The Balaban J connectivity index is 0.749. The number of aromatic nitrogens is 3. The van der Waals surface area contributed by atoms with Crippen LogP contribution in [0.4, 0.5) is 14.6 Å². The van der Waals surface area contributed by atoms with Crippen molar-refractivity contribution in [2.75, 3.05) is 70.5 Å². The molecule has 0 spiro atoms. The van der Waals surface area contributed by atoms with Gasteiger partial charge in [0.25, 0.3) is 17.7 Å². The topological polar surface area (TPSA) is 224 Å². The Kier molecular flexibility index (Phi) is 14.9. The second kappa shape index (κ2) is 21.8. The van der Waals surface area contributed by atoms with Crippen LogP contribution >= 0.6 is 0 Å². The van der Waals surface area contributed by atoms with Crippen LogP contribution in [-0.2, 0) is 25.7 Å². The number of carbonyl (C=O) groups is 6. The van der Waals surface area contributed by atoms with Gasteiger partial charge in [0, 0.05) is 93.7 Å². The number of carbonyl (C=O) groups excluding carboxylic acids is 6. The van der Waals surface area contributed by atoms with Gasteiger partial charge >= 0.3 is 0 Å². The molecule has 5 aromatic rings. The van der Waals surface area contributed by atoms with Crippen LogP contribution in [0.5, 0.6) is 11.5 Å². The first-order chi connectivity index (χ1) is 35.3. The predicted molar refractivity (Wildman–Crippen MR) is 260 cm³/mol. The third kappa shape index (κ3) is 11.1. The van der Waals surface area contributed by atoms with Crippen molar-refractivity contribution in [3.05, 3.63) is 107 Å². The number of halogens is 2. The number of imide groups is 1. The van der Waals surface area contributed by atoms with Gasteiger partial charge < -0.3 is 34.8 Å². The van der Waals surface area contributed by atoms with Gasteiger partial charge in [-0.3, -0.25) is 39.0 Å². The van der Waals surface area contributed by atoms with E-state index in [2.05, 4.69) is 36.9 Å². The molecule has 9 rings (SSSR count). The van der Waals surface area contributed by atoms with Crippen molar-refractivity contribution in [1.29, 1.82) is 5.26 Å². The summed E-state index contributed by atoms with van der Waals surface area (Å²) in [6, 6.07) is 14.9. The van der Waals surface area contributed by atoms with E-state index in [9.17, 15) is 42.8 Å². The second-order valence-corrected chi connectivity index (χ2v) is 18.7. The molecule has 7 heterocycles. The summed E-state index contributed by atoms with van der Waals surface area (Å²) in [5, 5.41) is 22.3. The number of pyridine rings is 2. The minimum atomic E-state index is -0.825. The van der Waals surface area contributed by atoms with Crippen LogP contribution in [0, 0.1) is 23.0 Å². The molecule has 0 aliphatic carbocycles. The average molecular weight is 1000 g/mol. The summed E-state index contributed by atoms with van der Waals surface area (Å²) in [7, 11) is 0. The van der Waals surface area contributed by atoms with Crippen LogP contribution in [0.2, 0.25) is 0 Å². The summed E-state index contributed by atoms with van der Waals surface area (Å²) in [5.74, 6) is -2.19. The van der Waals surface area contributed by atoms with Gasteiger partial charge in [-0.2, -0.15) is 10.4 Å². The van der Waals surface area contributed by atoms with E-state index in [1.807, 2.05) is 30.0 Å². The fourth-order valence-corrected chi connectivity index (χ4v) is 10.1. The van der Waals surface area contributed by atoms with E-state index >= 15 is 0 Å². The zero-order chi connectivity index (χ0) is 51.2. The molecule has 4 aliphatic heterocycles. The minimum Gasteiger partial charge on any atom is -0.492 e. The molecule has 3 fully saturated rings. The van der Waals surface area contributed by atoms with Gasteiger partial charge in [-0.15, -0.1) is 0 Å². The highest BCUT2D eigenvalue weighted by atomic mass is 19.1. The summed E-state index contributed by atoms with van der Waals surface area (Å²) in [6.45, 7) is 5.92. The Bertz CT molecular complexity index is 2980. The molecular formula is C52H55F2N11O8. The number of amides is 6. The minimum absolute atomic E-state index is 0.00771. The van der Waals surface area contributed by atoms with Gasteiger partial charge in [0.05, 0.1) is 47.7 Å². The van der Waals surface area contributed by atoms with Gasteiger partial charge in [0.1, 0.15) is 41.1 Å². The van der Waals surface area contributed by atoms with Crippen molar-refractivity contribution < 1.29 is 47.0 Å². The lowest BCUT2D eigenvalue weighted by Gasteiger charge is -2.46. The highest BCUT2D eigenvalue weighted by Crippen LogP contribution is 2.35. The van der Waals surface area contributed by atoms with Crippen LogP contribution < -0.4 is 30.3 Å². The van der Waals surface area contributed by atoms with Gasteiger partial charge in [-0.1, -0.05) is 6.07 Å². The lowest BCUT2D eigenvalue weighted by molar-refractivity contribution is -0.137. The number of ether oxygens (including phenoxy) is 2. The van der Waals surface area contributed by atoms with E-state index in [1.165, 1.54) is 11.1 Å². The predicted octanol–water partition coefficient (Wildman–Crippen LogP) is 3.98. The number of anilines is 1. The fraction of sp³-hybridized carbons (Fsp3) is 0.404. The number of fused-ring (bicyclic) bond motifs is 2. The number of piperidine rings is 2. The van der Waals surface area contributed by atoms with Gasteiger partial charge in [-0.05, 0) is 87.6 Å². The van der Waals surface area contributed by atoms with Gasteiger partial charge in [0.2, 0.25) is 17.7 Å². The van der Waals surface area contributed by atoms with Crippen molar-refractivity contribution in [3.8, 4) is 28.7 Å². The number of unbranched alkanes of at least 4 members (excludes halogenated alkanes) is 1. The van der Waals surface area contributed by atoms with Crippen LogP contribution in [0.1, 0.15) is 83.7 Å². The highest BCUT2D eigenvalue weighted by Gasteiger charge is 2.41. The number of hydrogen-bond donors (Lipinski definition) is 3. The number of nitrogens with one attached hydrogen (secondary N) is 3. The first kappa shape index (κ1) is 50.0. The molecule has 3 N–H and O–H groups in total. The van der Waals surface area contributed by atoms with Crippen molar-refractivity contribution in [2.24, 2.45) is 0 Å². The third-order valence-corrected chi connectivity index (χ3v) is 14.0. The maximum Gasteiger partial charge on any atom is 0.257 e. The molecule has 3 aromatic heterocycles. The molecule has 2 aromatic carbocycles. The molecule has 21 heteroatoms. The summed E-state index contributed by atoms with van der Waals surface area (Å²) in [4.78, 5) is 89.3. The fourth-order valence-electron chi connectivity index (χ4n) is 10.1. The van der Waals surface area contributed by atoms with Gasteiger partial charge in [-0.25, -0.2) is 18.3 Å². The molecule has 1 atom stereocenters. The molecule has 73 heavy (non-hydrogen) atoms. The molecule has 4 aliphatic rings. The second-order valence-electron chi connectivity index (χ2n) is 18.7. The molecular weight excluding hydrogens is 945 g/mol. The van der Waals surface area contributed by atoms with E-state index in [0.29, 0.717) is 131 Å². The molecule has 0 radical (unpaired) electrons. The number of piperazine rings is 1. The number of hydrogen-bond acceptors (Lipinski definition) is 13. The number of nitrogens with zero attached hydrogens (tertiary/aromatic N) is 8. The van der Waals surface area contributed by atoms with E-state index in [1.54, 1.807) is 35.1 Å². The number of nitriles is 1. The molecule has 380 valence electrons. The van der Waals surface area contributed by atoms with E-state index < -0.39 is 35.0 Å². The average Bonchev–Trinajstić information content (AvgIpc) is 3.97. The first-order valence-corrected chi connectivity index (χ1v) is 24.5. The number of benzene rings is 2. The summed E-state index contributed by atoms with van der Waals surface area (Å²) in [6.07, 6.45) is 7.69. The van der Waals surface area contributed by atoms with E-state index in [4.69, 9.17) is 14.5 Å². The van der Waals surface area contributed by atoms with Crippen LogP contribution in [-0.4, -0.2) is 142 Å². The van der Waals surface area contributed by atoms with Crippen LogP contribution in [0.15, 0.2) is 73.2 Å². The quantitative estimate of drug-likeness (QED) is 0.0887. The molecule has 0 saturated carbocycles. The van der Waals surface area contributed by atoms with E-state index in [-0.39, 0.29) is 55.2 Å². The monoisotopic (exact) mass is 999 g/mol. The normalized spacial score (nSPS) is 17.8. The Morgan fingerprint density at radius 2 is 1.75 bits per heavy atom. The van der Waals surface area contributed by atoms with E-state index in [0.717, 1.165) is 29.3 Å². The Hall–Kier alpha value is -7.99. The molecule has 19 nitrogen and oxygen atoms in total. The lowest BCUT2D eigenvalue weighted by Crippen LogP contribution is -2.62. The maximum atomic E-state index is 14.9. The van der Waals surface area contributed by atoms with Crippen molar-refractivity contribution in [3.63, 3.8) is 0 Å². The Morgan fingerprint density at radius 3 is 2.49 bits per heavy atom.